The van der Waals surface area contributed by atoms with E-state index in [1.54, 1.807) is 0 Å². The number of amides is 2. The van der Waals surface area contributed by atoms with Crippen LogP contribution in [0.1, 0.15) is 57.1 Å². The number of ether oxygens (including phenoxy) is 1. The largest absolute Gasteiger partial charge is 0.505 e. The summed E-state index contributed by atoms with van der Waals surface area (Å²) in [5.74, 6) is -2.16. The van der Waals surface area contributed by atoms with Gasteiger partial charge in [-0.25, -0.2) is 14.2 Å². The molecule has 0 bridgehead atoms. The van der Waals surface area contributed by atoms with Gasteiger partial charge in [0.2, 0.25) is 0 Å². The third-order valence-electron chi connectivity index (χ3n) is 5.35. The van der Waals surface area contributed by atoms with E-state index in [0.717, 1.165) is 31.7 Å². The molecule has 1 aliphatic heterocycles. The van der Waals surface area contributed by atoms with Crippen LogP contribution in [0.3, 0.4) is 0 Å². The van der Waals surface area contributed by atoms with Crippen molar-refractivity contribution in [2.45, 2.75) is 51.5 Å². The number of urea groups is 1. The van der Waals surface area contributed by atoms with Crippen LogP contribution in [0.15, 0.2) is 23.2 Å². The number of nitrogens with one attached hydrogen (secondary N) is 1. The molecule has 2 aliphatic rings. The zero-order valence-electron chi connectivity index (χ0n) is 15.4. The Hall–Kier alpha value is -2.44. The fourth-order valence-electron chi connectivity index (χ4n) is 3.85. The van der Waals surface area contributed by atoms with Gasteiger partial charge >= 0.3 is 12.0 Å². The zero-order chi connectivity index (χ0) is 19.4. The van der Waals surface area contributed by atoms with E-state index in [-0.39, 0.29) is 0 Å². The lowest BCUT2D eigenvalue weighted by Gasteiger charge is -2.31. The summed E-state index contributed by atoms with van der Waals surface area (Å²) in [5.41, 5.74) is 0.865. The van der Waals surface area contributed by atoms with Crippen molar-refractivity contribution in [1.29, 1.82) is 0 Å². The number of rotatable bonds is 5. The number of hydrogen-bond donors (Lipinski definition) is 2. The third kappa shape index (κ3) is 4.46. The van der Waals surface area contributed by atoms with E-state index >= 15 is 0 Å². The highest BCUT2D eigenvalue weighted by atomic mass is 19.1. The summed E-state index contributed by atoms with van der Waals surface area (Å²) in [7, 11) is 0. The van der Waals surface area contributed by atoms with E-state index in [2.05, 4.69) is 10.3 Å². The summed E-state index contributed by atoms with van der Waals surface area (Å²) in [6.07, 6.45) is 6.06. The van der Waals surface area contributed by atoms with Gasteiger partial charge in [-0.05, 0) is 42.9 Å². The van der Waals surface area contributed by atoms with Crippen molar-refractivity contribution >= 4 is 17.7 Å². The number of aliphatic imine (C=N–C) groups is 1. The van der Waals surface area contributed by atoms with Crippen molar-refractivity contribution in [3.63, 3.8) is 0 Å². The normalized spacial score (nSPS) is 23.5. The lowest BCUT2D eigenvalue weighted by Crippen LogP contribution is -2.45. The molecule has 2 atom stereocenters. The fourth-order valence-corrected chi connectivity index (χ4v) is 3.85. The molecule has 2 unspecified atom stereocenters. The van der Waals surface area contributed by atoms with Crippen molar-refractivity contribution in [3.05, 3.63) is 29.6 Å². The summed E-state index contributed by atoms with van der Waals surface area (Å²) >= 11 is 0. The molecular formula is C20H25FN2O4. The van der Waals surface area contributed by atoms with Gasteiger partial charge in [0.25, 0.3) is 0 Å². The highest BCUT2D eigenvalue weighted by Gasteiger charge is 2.39. The zero-order valence-corrected chi connectivity index (χ0v) is 15.4. The van der Waals surface area contributed by atoms with Gasteiger partial charge in [-0.2, -0.15) is 0 Å². The second-order valence-corrected chi connectivity index (χ2v) is 7.21. The SMILES string of the molecule is CCC1=NC(=O)NC(c2ccc(F)c(O)c2)C1C(=O)OCC1CCCCC1. The predicted octanol–water partition coefficient (Wildman–Crippen LogP) is 3.89. The summed E-state index contributed by atoms with van der Waals surface area (Å²) in [6, 6.07) is 2.46. The molecule has 0 aromatic heterocycles. The van der Waals surface area contributed by atoms with Crippen molar-refractivity contribution in [2.24, 2.45) is 16.8 Å². The summed E-state index contributed by atoms with van der Waals surface area (Å²) in [5, 5.41) is 12.3. The Bertz CT molecular complexity index is 743. The van der Waals surface area contributed by atoms with Crippen molar-refractivity contribution in [2.75, 3.05) is 6.61 Å². The summed E-state index contributed by atoms with van der Waals surface area (Å²) < 4.78 is 19.0. The van der Waals surface area contributed by atoms with Crippen molar-refractivity contribution < 1.29 is 23.8 Å². The van der Waals surface area contributed by atoms with Crippen LogP contribution < -0.4 is 5.32 Å². The molecule has 27 heavy (non-hydrogen) atoms. The monoisotopic (exact) mass is 376 g/mol. The number of esters is 1. The summed E-state index contributed by atoms with van der Waals surface area (Å²) in [4.78, 5) is 28.8. The quantitative estimate of drug-likeness (QED) is 0.763. The van der Waals surface area contributed by atoms with Crippen molar-refractivity contribution in [3.8, 4) is 5.75 Å². The van der Waals surface area contributed by atoms with E-state index in [9.17, 15) is 19.1 Å². The van der Waals surface area contributed by atoms with Gasteiger partial charge in [-0.1, -0.05) is 32.3 Å². The second-order valence-electron chi connectivity index (χ2n) is 7.21. The highest BCUT2D eigenvalue weighted by Crippen LogP contribution is 2.32. The molecule has 7 heteroatoms. The van der Waals surface area contributed by atoms with Gasteiger partial charge in [0.05, 0.1) is 12.6 Å². The van der Waals surface area contributed by atoms with E-state index in [1.807, 2.05) is 6.92 Å². The second kappa shape index (κ2) is 8.50. The van der Waals surface area contributed by atoms with Crippen LogP contribution in [-0.2, 0) is 9.53 Å². The van der Waals surface area contributed by atoms with E-state index in [4.69, 9.17) is 4.74 Å². The molecule has 1 aliphatic carbocycles. The number of halogens is 1. The van der Waals surface area contributed by atoms with Gasteiger partial charge in [0, 0.05) is 5.71 Å². The molecule has 146 valence electrons. The summed E-state index contributed by atoms with van der Waals surface area (Å²) in [6.45, 7) is 2.18. The maximum atomic E-state index is 13.4. The molecule has 0 saturated heterocycles. The minimum absolute atomic E-state index is 0.363. The maximum absolute atomic E-state index is 13.4. The smallest absolute Gasteiger partial charge is 0.341 e. The molecular weight excluding hydrogens is 351 g/mol. The number of carbonyl (C=O) groups is 2. The Kier molecular flexibility index (Phi) is 6.08. The Labute approximate surface area is 157 Å². The topological polar surface area (TPSA) is 88.0 Å². The molecule has 0 spiro atoms. The maximum Gasteiger partial charge on any atom is 0.341 e. The average molecular weight is 376 g/mol. The average Bonchev–Trinajstić information content (AvgIpc) is 2.68. The van der Waals surface area contributed by atoms with Crippen LogP contribution in [0, 0.1) is 17.7 Å². The Morgan fingerprint density at radius 3 is 2.74 bits per heavy atom. The van der Waals surface area contributed by atoms with Gasteiger partial charge in [0.1, 0.15) is 5.92 Å². The van der Waals surface area contributed by atoms with E-state index in [0.29, 0.717) is 30.2 Å². The van der Waals surface area contributed by atoms with Crippen LogP contribution in [-0.4, -0.2) is 29.4 Å². The number of carbonyl (C=O) groups excluding carboxylic acids is 2. The Balaban J connectivity index is 1.81. The number of phenols is 1. The Morgan fingerprint density at radius 2 is 2.07 bits per heavy atom. The van der Waals surface area contributed by atoms with E-state index in [1.165, 1.54) is 18.6 Å². The molecule has 1 heterocycles. The highest BCUT2D eigenvalue weighted by molar-refractivity contribution is 6.09. The number of benzene rings is 1. The van der Waals surface area contributed by atoms with Gasteiger partial charge in [-0.3, -0.25) is 4.79 Å². The van der Waals surface area contributed by atoms with Crippen LogP contribution in [0.5, 0.6) is 5.75 Å². The van der Waals surface area contributed by atoms with Crippen LogP contribution in [0.4, 0.5) is 9.18 Å². The number of nitrogens with zero attached hydrogens (tertiary/aromatic N) is 1. The first-order valence-electron chi connectivity index (χ1n) is 9.52. The first-order chi connectivity index (χ1) is 13.0. The van der Waals surface area contributed by atoms with Gasteiger partial charge in [0.15, 0.2) is 11.6 Å². The standard InChI is InChI=1S/C20H25FN2O4/c1-2-15-17(19(25)27-11-12-6-4-3-5-7-12)18(23-20(26)22-15)13-8-9-14(21)16(24)10-13/h8-10,12,17-18,24H,2-7,11H2,1H3,(H,23,26). The van der Waals surface area contributed by atoms with Crippen LogP contribution >= 0.6 is 0 Å². The number of aromatic hydroxyl groups is 1. The van der Waals surface area contributed by atoms with Gasteiger partial charge < -0.3 is 15.2 Å². The molecule has 1 saturated carbocycles. The first kappa shape index (κ1) is 19.3. The fraction of sp³-hybridized carbons (Fsp3) is 0.550. The predicted molar refractivity (Wildman–Crippen MR) is 98.1 cm³/mol. The molecule has 1 fully saturated rings. The molecule has 0 radical (unpaired) electrons. The van der Waals surface area contributed by atoms with Crippen LogP contribution in [0.2, 0.25) is 0 Å². The first-order valence-corrected chi connectivity index (χ1v) is 9.52. The van der Waals surface area contributed by atoms with Crippen molar-refractivity contribution in [1.82, 2.24) is 5.32 Å². The van der Waals surface area contributed by atoms with Gasteiger partial charge in [-0.15, -0.1) is 0 Å². The number of phenolic OH excluding ortho intramolecular Hbond substituents is 1. The molecule has 1 aromatic rings. The van der Waals surface area contributed by atoms with Crippen LogP contribution in [0.25, 0.3) is 0 Å². The molecule has 1 aromatic carbocycles. The van der Waals surface area contributed by atoms with E-state index < -0.39 is 35.5 Å². The molecule has 2 amide bonds. The molecule has 2 N–H and O–H groups in total. The molecule has 3 rings (SSSR count). The minimum atomic E-state index is -0.791. The molecule has 6 nitrogen and oxygen atoms in total. The lowest BCUT2D eigenvalue weighted by molar-refractivity contribution is -0.148. The minimum Gasteiger partial charge on any atom is -0.505 e. The third-order valence-corrected chi connectivity index (χ3v) is 5.35. The number of hydrogen-bond acceptors (Lipinski definition) is 4. The lowest BCUT2D eigenvalue weighted by atomic mass is 9.86. The Morgan fingerprint density at radius 1 is 1.33 bits per heavy atom.